The zero-order chi connectivity index (χ0) is 11.4. The number of nitrogens with one attached hydrogen (secondary N) is 1. The largest absolute Gasteiger partial charge is 0.481 e. The van der Waals surface area contributed by atoms with Crippen LogP contribution in [0.4, 0.5) is 0 Å². The highest BCUT2D eigenvalue weighted by Gasteiger charge is 2.03. The first kappa shape index (κ1) is 10.6. The van der Waals surface area contributed by atoms with E-state index in [0.29, 0.717) is 6.42 Å². The average molecular weight is 219 g/mol. The van der Waals surface area contributed by atoms with E-state index in [-0.39, 0.29) is 6.42 Å². The molecule has 2 heterocycles. The molecule has 0 aliphatic carbocycles. The molecule has 0 unspecified atom stereocenters. The standard InChI is InChI=1S/C11H13N3O2/c15-10(16)6-2-1-5-9-13-8-4-3-7-12-11(8)14-9/h3-4,7H,1-2,5-6H2,(H,15,16)(H,12,13,14). The minimum Gasteiger partial charge on any atom is -0.481 e. The number of carbonyl (C=O) groups is 1. The van der Waals surface area contributed by atoms with Crippen molar-refractivity contribution in [2.45, 2.75) is 25.7 Å². The first-order valence-corrected chi connectivity index (χ1v) is 5.27. The third-order valence-corrected chi connectivity index (χ3v) is 2.36. The van der Waals surface area contributed by atoms with E-state index in [1.165, 1.54) is 0 Å². The van der Waals surface area contributed by atoms with Crippen LogP contribution in [-0.4, -0.2) is 26.0 Å². The molecule has 0 aliphatic heterocycles. The number of carboxylic acid groups (broad SMARTS) is 1. The maximum absolute atomic E-state index is 10.3. The molecule has 0 amide bonds. The number of aryl methyl sites for hydroxylation is 1. The molecule has 2 aromatic heterocycles. The van der Waals surface area contributed by atoms with Crippen molar-refractivity contribution >= 4 is 17.1 Å². The third kappa shape index (κ3) is 2.56. The molecule has 0 aliphatic rings. The second kappa shape index (κ2) is 4.74. The minimum atomic E-state index is -0.744. The van der Waals surface area contributed by atoms with Gasteiger partial charge in [-0.05, 0) is 25.0 Å². The van der Waals surface area contributed by atoms with Gasteiger partial charge in [-0.1, -0.05) is 0 Å². The van der Waals surface area contributed by atoms with Gasteiger partial charge in [-0.2, -0.15) is 0 Å². The zero-order valence-corrected chi connectivity index (χ0v) is 8.81. The van der Waals surface area contributed by atoms with Crippen LogP contribution in [0.3, 0.4) is 0 Å². The lowest BCUT2D eigenvalue weighted by Crippen LogP contribution is -1.95. The Morgan fingerprint density at radius 3 is 3.06 bits per heavy atom. The van der Waals surface area contributed by atoms with Crippen molar-refractivity contribution in [3.63, 3.8) is 0 Å². The van der Waals surface area contributed by atoms with Gasteiger partial charge < -0.3 is 10.1 Å². The first-order valence-electron chi connectivity index (χ1n) is 5.27. The Kier molecular flexibility index (Phi) is 3.14. The summed E-state index contributed by atoms with van der Waals surface area (Å²) in [5, 5.41) is 8.49. The number of carboxylic acids is 1. The Hall–Kier alpha value is -1.91. The quantitative estimate of drug-likeness (QED) is 0.751. The maximum Gasteiger partial charge on any atom is 0.303 e. The number of rotatable bonds is 5. The second-order valence-corrected chi connectivity index (χ2v) is 3.66. The summed E-state index contributed by atoms with van der Waals surface area (Å²) in [4.78, 5) is 21.9. The van der Waals surface area contributed by atoms with Gasteiger partial charge in [0, 0.05) is 19.0 Å². The molecular weight excluding hydrogens is 206 g/mol. The number of hydrogen-bond acceptors (Lipinski definition) is 3. The maximum atomic E-state index is 10.3. The molecule has 0 radical (unpaired) electrons. The highest BCUT2D eigenvalue weighted by Crippen LogP contribution is 2.09. The Labute approximate surface area is 92.5 Å². The van der Waals surface area contributed by atoms with Crippen molar-refractivity contribution in [3.05, 3.63) is 24.2 Å². The molecular formula is C11H13N3O2. The number of aliphatic carboxylic acids is 1. The summed E-state index contributed by atoms with van der Waals surface area (Å²) in [5.41, 5.74) is 1.64. The van der Waals surface area contributed by atoms with E-state index in [1.807, 2.05) is 12.1 Å². The highest BCUT2D eigenvalue weighted by atomic mass is 16.4. The van der Waals surface area contributed by atoms with Crippen molar-refractivity contribution in [3.8, 4) is 0 Å². The molecule has 0 saturated carbocycles. The number of fused-ring (bicyclic) bond motifs is 1. The van der Waals surface area contributed by atoms with Crippen LogP contribution in [0.5, 0.6) is 0 Å². The van der Waals surface area contributed by atoms with Crippen LogP contribution in [0.2, 0.25) is 0 Å². The number of unbranched alkanes of at least 4 members (excludes halogenated alkanes) is 1. The van der Waals surface area contributed by atoms with Crippen molar-refractivity contribution in [2.24, 2.45) is 0 Å². The number of hydrogen-bond donors (Lipinski definition) is 2. The lowest BCUT2D eigenvalue weighted by Gasteiger charge is -1.94. The van der Waals surface area contributed by atoms with Crippen LogP contribution in [0.1, 0.15) is 25.1 Å². The van der Waals surface area contributed by atoms with Gasteiger partial charge in [-0.15, -0.1) is 0 Å². The topological polar surface area (TPSA) is 78.9 Å². The summed E-state index contributed by atoms with van der Waals surface area (Å²) in [6.07, 6.45) is 4.20. The van der Waals surface area contributed by atoms with Crippen LogP contribution in [-0.2, 0) is 11.2 Å². The minimum absolute atomic E-state index is 0.221. The average Bonchev–Trinajstić information content (AvgIpc) is 2.66. The van der Waals surface area contributed by atoms with Gasteiger partial charge in [0.25, 0.3) is 0 Å². The molecule has 2 aromatic rings. The lowest BCUT2D eigenvalue weighted by atomic mass is 10.2. The fourth-order valence-electron chi connectivity index (χ4n) is 1.58. The second-order valence-electron chi connectivity index (χ2n) is 3.66. The van der Waals surface area contributed by atoms with Crippen molar-refractivity contribution in [2.75, 3.05) is 0 Å². The molecule has 5 nitrogen and oxygen atoms in total. The van der Waals surface area contributed by atoms with Crippen molar-refractivity contribution in [1.82, 2.24) is 15.0 Å². The molecule has 0 aromatic carbocycles. The van der Waals surface area contributed by atoms with E-state index >= 15 is 0 Å². The van der Waals surface area contributed by atoms with Crippen molar-refractivity contribution in [1.29, 1.82) is 0 Å². The predicted molar refractivity (Wildman–Crippen MR) is 59.1 cm³/mol. The molecule has 5 heteroatoms. The Bertz CT molecular complexity index is 460. The summed E-state index contributed by atoms with van der Waals surface area (Å²) in [5.74, 6) is 0.130. The normalized spacial score (nSPS) is 10.8. The molecule has 16 heavy (non-hydrogen) atoms. The number of imidazole rings is 1. The van der Waals surface area contributed by atoms with Crippen LogP contribution in [0, 0.1) is 0 Å². The van der Waals surface area contributed by atoms with Gasteiger partial charge in [0.2, 0.25) is 0 Å². The predicted octanol–water partition coefficient (Wildman–Crippen LogP) is 1.76. The SMILES string of the molecule is O=C(O)CCCCc1nc2ncccc2[nH]1. The Balaban J connectivity index is 1.92. The van der Waals surface area contributed by atoms with Gasteiger partial charge in [0.15, 0.2) is 5.65 Å². The molecule has 2 rings (SSSR count). The van der Waals surface area contributed by atoms with Gasteiger partial charge in [0.05, 0.1) is 5.52 Å². The molecule has 0 saturated heterocycles. The number of aromatic amines is 1. The lowest BCUT2D eigenvalue weighted by molar-refractivity contribution is -0.137. The Morgan fingerprint density at radius 2 is 2.31 bits per heavy atom. The van der Waals surface area contributed by atoms with Crippen LogP contribution in [0.15, 0.2) is 18.3 Å². The first-order chi connectivity index (χ1) is 7.75. The number of aromatic nitrogens is 3. The molecule has 0 spiro atoms. The number of H-pyrrole nitrogens is 1. The van der Waals surface area contributed by atoms with E-state index in [9.17, 15) is 4.79 Å². The fraction of sp³-hybridized carbons (Fsp3) is 0.364. The van der Waals surface area contributed by atoms with E-state index in [4.69, 9.17) is 5.11 Å². The van der Waals surface area contributed by atoms with Gasteiger partial charge in [0.1, 0.15) is 5.82 Å². The summed E-state index contributed by atoms with van der Waals surface area (Å²) >= 11 is 0. The summed E-state index contributed by atoms with van der Waals surface area (Å²) in [6, 6.07) is 3.78. The summed E-state index contributed by atoms with van der Waals surface area (Å²) in [7, 11) is 0. The summed E-state index contributed by atoms with van der Waals surface area (Å²) < 4.78 is 0. The summed E-state index contributed by atoms with van der Waals surface area (Å²) in [6.45, 7) is 0. The number of nitrogens with zero attached hydrogens (tertiary/aromatic N) is 2. The van der Waals surface area contributed by atoms with Crippen LogP contribution < -0.4 is 0 Å². The smallest absolute Gasteiger partial charge is 0.303 e. The third-order valence-electron chi connectivity index (χ3n) is 2.36. The van der Waals surface area contributed by atoms with E-state index in [2.05, 4.69) is 15.0 Å². The molecule has 84 valence electrons. The Morgan fingerprint density at radius 1 is 1.44 bits per heavy atom. The van der Waals surface area contributed by atoms with Gasteiger partial charge in [-0.3, -0.25) is 4.79 Å². The molecule has 0 fully saturated rings. The molecule has 0 bridgehead atoms. The van der Waals surface area contributed by atoms with E-state index < -0.39 is 5.97 Å². The van der Waals surface area contributed by atoms with Gasteiger partial charge in [-0.25, -0.2) is 9.97 Å². The van der Waals surface area contributed by atoms with Crippen LogP contribution >= 0.6 is 0 Å². The molecule has 2 N–H and O–H groups in total. The van der Waals surface area contributed by atoms with Gasteiger partial charge >= 0.3 is 5.97 Å². The van der Waals surface area contributed by atoms with E-state index in [1.54, 1.807) is 6.20 Å². The number of pyridine rings is 1. The van der Waals surface area contributed by atoms with Crippen LogP contribution in [0.25, 0.3) is 11.2 Å². The molecule has 0 atom stereocenters. The highest BCUT2D eigenvalue weighted by molar-refractivity contribution is 5.69. The fourth-order valence-corrected chi connectivity index (χ4v) is 1.58. The van der Waals surface area contributed by atoms with Crippen molar-refractivity contribution < 1.29 is 9.90 Å². The monoisotopic (exact) mass is 219 g/mol. The zero-order valence-electron chi connectivity index (χ0n) is 8.81. The van der Waals surface area contributed by atoms with E-state index in [0.717, 1.165) is 29.8 Å².